The fourth-order valence-electron chi connectivity index (χ4n) is 1.29. The Labute approximate surface area is 113 Å². The number of rotatable bonds is 9. The molecule has 0 bridgehead atoms. The molecule has 0 saturated carbocycles. The van der Waals surface area contributed by atoms with E-state index in [2.05, 4.69) is 11.1 Å². The summed E-state index contributed by atoms with van der Waals surface area (Å²) in [7, 11) is -0.787. The molecule has 0 aromatic heterocycles. The minimum Gasteiger partial charge on any atom is -0.756 e. The second-order valence-electron chi connectivity index (χ2n) is 4.95. The van der Waals surface area contributed by atoms with Crippen molar-refractivity contribution < 1.29 is 32.9 Å². The average molecular weight is 295 g/mol. The molecule has 0 amide bonds. The fourth-order valence-corrected chi connectivity index (χ4v) is 1.65. The zero-order valence-electron chi connectivity index (χ0n) is 11.6. The van der Waals surface area contributed by atoms with Gasteiger partial charge in [-0.15, -0.1) is 0 Å². The average Bonchev–Trinajstić information content (AvgIpc) is 2.22. The monoisotopic (exact) mass is 295 g/mol. The Morgan fingerprint density at radius 2 is 1.95 bits per heavy atom. The number of carbonyl (C=O) groups is 1. The highest BCUT2D eigenvalue weighted by atomic mass is 31.2. The molecular weight excluding hydrogens is 273 g/mol. The van der Waals surface area contributed by atoms with Crippen LogP contribution in [0.15, 0.2) is 12.2 Å². The molecule has 1 atom stereocenters. The van der Waals surface area contributed by atoms with Crippen molar-refractivity contribution in [1.29, 1.82) is 0 Å². The van der Waals surface area contributed by atoms with Crippen molar-refractivity contribution in [2.75, 3.05) is 40.4 Å². The van der Waals surface area contributed by atoms with Gasteiger partial charge in [-0.3, -0.25) is 4.57 Å². The third kappa shape index (κ3) is 10.9. The summed E-state index contributed by atoms with van der Waals surface area (Å²) in [4.78, 5) is 29.9. The Morgan fingerprint density at radius 1 is 1.37 bits per heavy atom. The highest BCUT2D eigenvalue weighted by Gasteiger charge is 2.16. The van der Waals surface area contributed by atoms with Crippen LogP contribution in [0.3, 0.4) is 0 Å². The van der Waals surface area contributed by atoms with Gasteiger partial charge in [0, 0.05) is 12.0 Å². The summed E-state index contributed by atoms with van der Waals surface area (Å²) in [5, 5.41) is 0. The Balaban J connectivity index is 3.83. The number of nitrogens with zero attached hydrogens (tertiary/aromatic N) is 1. The third-order valence-electron chi connectivity index (χ3n) is 2.44. The van der Waals surface area contributed by atoms with Crippen LogP contribution in [0.2, 0.25) is 0 Å². The van der Waals surface area contributed by atoms with E-state index >= 15 is 0 Å². The number of phosphoric ester groups is 1. The summed E-state index contributed by atoms with van der Waals surface area (Å²) in [6.07, 6.45) is 0.466. The summed E-state index contributed by atoms with van der Waals surface area (Å²) in [5.41, 5.74) is 0.354. The van der Waals surface area contributed by atoms with Crippen molar-refractivity contribution in [2.24, 2.45) is 0 Å². The molecule has 0 aromatic carbocycles. The van der Waals surface area contributed by atoms with Crippen LogP contribution in [0.5, 0.6) is 0 Å². The SMILES string of the molecule is C=C(C)C(=O)OCC[N+](C)(C)CCCOP(=O)([O-])O. The predicted molar refractivity (Wildman–Crippen MR) is 68.0 cm³/mol. The Hall–Kier alpha value is -0.720. The number of esters is 1. The quantitative estimate of drug-likeness (QED) is 0.212. The van der Waals surface area contributed by atoms with E-state index < -0.39 is 13.8 Å². The van der Waals surface area contributed by atoms with Gasteiger partial charge in [-0.25, -0.2) is 4.79 Å². The lowest BCUT2D eigenvalue weighted by atomic mass is 10.3. The molecule has 1 N–H and O–H groups in total. The van der Waals surface area contributed by atoms with Gasteiger partial charge in [-0.05, 0) is 6.92 Å². The van der Waals surface area contributed by atoms with Gasteiger partial charge >= 0.3 is 5.97 Å². The number of phosphoric acid groups is 1. The van der Waals surface area contributed by atoms with Gasteiger partial charge < -0.3 is 23.5 Å². The molecule has 8 heteroatoms. The van der Waals surface area contributed by atoms with E-state index in [9.17, 15) is 14.3 Å². The summed E-state index contributed by atoms with van der Waals surface area (Å²) < 4.78 is 20.1. The van der Waals surface area contributed by atoms with Crippen molar-refractivity contribution in [1.82, 2.24) is 0 Å². The largest absolute Gasteiger partial charge is 0.756 e. The molecule has 7 nitrogen and oxygen atoms in total. The van der Waals surface area contributed by atoms with E-state index in [1.54, 1.807) is 6.92 Å². The first-order chi connectivity index (χ1) is 8.53. The first-order valence-electron chi connectivity index (χ1n) is 5.86. The number of hydrogen-bond acceptors (Lipinski definition) is 5. The molecule has 0 heterocycles. The minimum atomic E-state index is -4.63. The smallest absolute Gasteiger partial charge is 0.333 e. The van der Waals surface area contributed by atoms with E-state index in [1.807, 2.05) is 14.1 Å². The van der Waals surface area contributed by atoms with Crippen LogP contribution >= 0.6 is 7.82 Å². The fraction of sp³-hybridized carbons (Fsp3) is 0.727. The lowest BCUT2D eigenvalue weighted by molar-refractivity contribution is -0.890. The van der Waals surface area contributed by atoms with Gasteiger partial charge in [0.05, 0.1) is 27.2 Å². The van der Waals surface area contributed by atoms with Crippen LogP contribution in [-0.4, -0.2) is 55.7 Å². The van der Waals surface area contributed by atoms with Gasteiger partial charge in [-0.2, -0.15) is 0 Å². The van der Waals surface area contributed by atoms with Gasteiger partial charge in [0.1, 0.15) is 13.2 Å². The minimum absolute atomic E-state index is 0.0650. The zero-order valence-corrected chi connectivity index (χ0v) is 12.5. The van der Waals surface area contributed by atoms with E-state index in [0.29, 0.717) is 29.6 Å². The number of hydrogen-bond donors (Lipinski definition) is 1. The summed E-state index contributed by atoms with van der Waals surface area (Å²) in [5.74, 6) is -0.420. The molecule has 0 aliphatic rings. The molecule has 0 spiro atoms. The number of ether oxygens (including phenoxy) is 1. The molecule has 0 aliphatic heterocycles. The molecule has 112 valence electrons. The van der Waals surface area contributed by atoms with E-state index in [4.69, 9.17) is 9.63 Å². The van der Waals surface area contributed by atoms with Gasteiger partial charge in [-0.1, -0.05) is 6.58 Å². The summed E-state index contributed by atoms with van der Waals surface area (Å²) >= 11 is 0. The Kier molecular flexibility index (Phi) is 7.47. The summed E-state index contributed by atoms with van der Waals surface area (Å²) in [6.45, 7) is 6.48. The topological polar surface area (TPSA) is 95.9 Å². The third-order valence-corrected chi connectivity index (χ3v) is 2.95. The summed E-state index contributed by atoms with van der Waals surface area (Å²) in [6, 6.07) is 0. The second kappa shape index (κ2) is 7.77. The lowest BCUT2D eigenvalue weighted by Gasteiger charge is -2.29. The van der Waals surface area contributed by atoms with E-state index in [1.165, 1.54) is 0 Å². The van der Waals surface area contributed by atoms with Gasteiger partial charge in [0.2, 0.25) is 0 Å². The molecule has 0 radical (unpaired) electrons. The Morgan fingerprint density at radius 3 is 2.42 bits per heavy atom. The van der Waals surface area contributed by atoms with Gasteiger partial charge in [0.15, 0.2) is 0 Å². The van der Waals surface area contributed by atoms with Crippen LogP contribution in [0.25, 0.3) is 0 Å². The van der Waals surface area contributed by atoms with Crippen molar-refractivity contribution in [3.8, 4) is 0 Å². The lowest BCUT2D eigenvalue weighted by Crippen LogP contribution is -2.43. The number of likely N-dealkylation sites (N-methyl/N-ethyl adjacent to an activating group) is 1. The highest BCUT2D eigenvalue weighted by molar-refractivity contribution is 7.44. The first-order valence-corrected chi connectivity index (χ1v) is 7.36. The van der Waals surface area contributed by atoms with Crippen molar-refractivity contribution in [3.63, 3.8) is 0 Å². The second-order valence-corrected chi connectivity index (χ2v) is 6.15. The maximum atomic E-state index is 11.2. The molecule has 19 heavy (non-hydrogen) atoms. The molecule has 0 saturated heterocycles. The first kappa shape index (κ1) is 18.3. The molecule has 0 aliphatic carbocycles. The molecule has 1 unspecified atom stereocenters. The molecule has 0 rings (SSSR count). The van der Waals surface area contributed by atoms with Crippen LogP contribution < -0.4 is 4.89 Å². The normalized spacial score (nSPS) is 14.8. The highest BCUT2D eigenvalue weighted by Crippen LogP contribution is 2.30. The van der Waals surface area contributed by atoms with Crippen molar-refractivity contribution >= 4 is 13.8 Å². The van der Waals surface area contributed by atoms with Gasteiger partial charge in [0.25, 0.3) is 7.82 Å². The van der Waals surface area contributed by atoms with Crippen LogP contribution in [0, 0.1) is 0 Å². The molecule has 0 aromatic rings. The van der Waals surface area contributed by atoms with Crippen molar-refractivity contribution in [2.45, 2.75) is 13.3 Å². The maximum Gasteiger partial charge on any atom is 0.333 e. The standard InChI is InChI=1S/C11H22NO6P/c1-10(2)11(13)17-9-7-12(3,4)6-5-8-18-19(14,15)16/h1,5-9H2,2-4H3,(H-,14,15,16). The molecular formula is C11H22NO6P. The molecule has 0 fully saturated rings. The van der Waals surface area contributed by atoms with Crippen LogP contribution in [0.4, 0.5) is 0 Å². The van der Waals surface area contributed by atoms with E-state index in [0.717, 1.165) is 0 Å². The zero-order chi connectivity index (χ0) is 15.1. The van der Waals surface area contributed by atoms with E-state index in [-0.39, 0.29) is 13.2 Å². The predicted octanol–water partition coefficient (Wildman–Crippen LogP) is 0.0495. The van der Waals surface area contributed by atoms with Crippen LogP contribution in [-0.2, 0) is 18.6 Å². The van der Waals surface area contributed by atoms with Crippen molar-refractivity contribution in [3.05, 3.63) is 12.2 Å². The number of quaternary nitrogens is 1. The maximum absolute atomic E-state index is 11.2. The van der Waals surface area contributed by atoms with Crippen LogP contribution in [0.1, 0.15) is 13.3 Å². The number of carbonyl (C=O) groups excluding carboxylic acids is 1. The Bertz CT molecular complexity index is 362.